The van der Waals surface area contributed by atoms with Crippen LogP contribution in [0.15, 0.2) is 36.5 Å². The fraction of sp³-hybridized carbons (Fsp3) is 0.125. The number of carbonyl (C=O) groups excluding carboxylic acids is 3. The molecule has 0 spiro atoms. The van der Waals surface area contributed by atoms with Crippen LogP contribution < -0.4 is 5.32 Å². The van der Waals surface area contributed by atoms with E-state index in [4.69, 9.17) is 11.6 Å². The third-order valence-electron chi connectivity index (χ3n) is 3.57. The number of nitrogens with zero attached hydrogens (tertiary/aromatic N) is 2. The van der Waals surface area contributed by atoms with Crippen molar-refractivity contribution in [2.75, 3.05) is 11.9 Å². The molecule has 0 unspecified atom stereocenters. The van der Waals surface area contributed by atoms with E-state index in [1.807, 2.05) is 0 Å². The molecule has 7 heteroatoms. The summed E-state index contributed by atoms with van der Waals surface area (Å²) in [6, 6.07) is 8.20. The Labute approximate surface area is 137 Å². The van der Waals surface area contributed by atoms with Crippen molar-refractivity contribution in [1.29, 1.82) is 0 Å². The van der Waals surface area contributed by atoms with Gasteiger partial charge in [0.05, 0.1) is 5.56 Å². The van der Waals surface area contributed by atoms with Gasteiger partial charge in [0.1, 0.15) is 12.2 Å². The number of imide groups is 1. The van der Waals surface area contributed by atoms with Gasteiger partial charge in [-0.3, -0.25) is 24.3 Å². The first-order chi connectivity index (χ1) is 11.0. The van der Waals surface area contributed by atoms with Gasteiger partial charge in [0, 0.05) is 16.9 Å². The molecule has 0 fully saturated rings. The maximum absolute atomic E-state index is 12.2. The molecule has 116 valence electrons. The summed E-state index contributed by atoms with van der Waals surface area (Å²) in [5.74, 6) is -1.57. The molecule has 1 aliphatic heterocycles. The molecule has 2 heterocycles. The third-order valence-corrected chi connectivity index (χ3v) is 3.98. The van der Waals surface area contributed by atoms with Crippen LogP contribution in [0.1, 0.15) is 26.4 Å². The lowest BCUT2D eigenvalue weighted by atomic mass is 10.2. The van der Waals surface area contributed by atoms with E-state index in [1.165, 1.54) is 12.3 Å². The van der Waals surface area contributed by atoms with E-state index < -0.39 is 17.7 Å². The van der Waals surface area contributed by atoms with Gasteiger partial charge in [-0.1, -0.05) is 17.7 Å². The molecular weight excluding hydrogens is 318 g/mol. The SMILES string of the molecule is Cc1c(Cl)cccc1NC(=O)CN1C(=O)c2cccnc2C1=O. The number of hydrogen-bond donors (Lipinski definition) is 1. The Morgan fingerprint density at radius 3 is 2.74 bits per heavy atom. The fourth-order valence-electron chi connectivity index (χ4n) is 2.33. The maximum Gasteiger partial charge on any atom is 0.280 e. The van der Waals surface area contributed by atoms with Gasteiger partial charge in [-0.25, -0.2) is 0 Å². The number of anilines is 1. The molecular formula is C16H12ClN3O3. The van der Waals surface area contributed by atoms with Crippen molar-refractivity contribution < 1.29 is 14.4 Å². The van der Waals surface area contributed by atoms with E-state index in [-0.39, 0.29) is 17.8 Å². The third kappa shape index (κ3) is 2.68. The number of benzene rings is 1. The summed E-state index contributed by atoms with van der Waals surface area (Å²) in [4.78, 5) is 41.3. The van der Waals surface area contributed by atoms with Crippen LogP contribution in [0.4, 0.5) is 5.69 Å². The first-order valence-corrected chi connectivity index (χ1v) is 7.23. The second kappa shape index (κ2) is 5.81. The van der Waals surface area contributed by atoms with Gasteiger partial charge in [0.2, 0.25) is 5.91 Å². The molecule has 3 amide bonds. The molecule has 1 aromatic carbocycles. The van der Waals surface area contributed by atoms with Crippen molar-refractivity contribution in [3.8, 4) is 0 Å². The van der Waals surface area contributed by atoms with Gasteiger partial charge >= 0.3 is 0 Å². The number of nitrogens with one attached hydrogen (secondary N) is 1. The van der Waals surface area contributed by atoms with Crippen molar-refractivity contribution in [2.24, 2.45) is 0 Å². The van der Waals surface area contributed by atoms with Crippen molar-refractivity contribution >= 4 is 35.0 Å². The van der Waals surface area contributed by atoms with E-state index in [0.717, 1.165) is 4.90 Å². The highest BCUT2D eigenvalue weighted by atomic mass is 35.5. The largest absolute Gasteiger partial charge is 0.324 e. The van der Waals surface area contributed by atoms with Crippen LogP contribution in [0.25, 0.3) is 0 Å². The average Bonchev–Trinajstić information content (AvgIpc) is 2.77. The molecule has 6 nitrogen and oxygen atoms in total. The number of hydrogen-bond acceptors (Lipinski definition) is 4. The van der Waals surface area contributed by atoms with Gasteiger partial charge in [0.25, 0.3) is 11.8 Å². The molecule has 0 atom stereocenters. The summed E-state index contributed by atoms with van der Waals surface area (Å²) < 4.78 is 0. The second-order valence-electron chi connectivity index (χ2n) is 5.06. The van der Waals surface area contributed by atoms with Crippen LogP contribution >= 0.6 is 11.6 Å². The van der Waals surface area contributed by atoms with Crippen LogP contribution in [0, 0.1) is 6.92 Å². The van der Waals surface area contributed by atoms with Gasteiger partial charge in [-0.05, 0) is 36.8 Å². The molecule has 1 N–H and O–H groups in total. The smallest absolute Gasteiger partial charge is 0.280 e. The topological polar surface area (TPSA) is 79.4 Å². The summed E-state index contributed by atoms with van der Waals surface area (Å²) in [6.45, 7) is 1.39. The Bertz CT molecular complexity index is 800. The Morgan fingerprint density at radius 1 is 1.22 bits per heavy atom. The lowest BCUT2D eigenvalue weighted by molar-refractivity contribution is -0.116. The van der Waals surface area contributed by atoms with E-state index in [1.54, 1.807) is 31.2 Å². The molecule has 3 rings (SSSR count). The van der Waals surface area contributed by atoms with Crippen molar-refractivity contribution in [3.05, 3.63) is 58.4 Å². The minimum atomic E-state index is -0.566. The first-order valence-electron chi connectivity index (χ1n) is 6.85. The second-order valence-corrected chi connectivity index (χ2v) is 5.46. The molecule has 0 saturated heterocycles. The number of amides is 3. The molecule has 1 aromatic heterocycles. The number of carbonyl (C=O) groups is 3. The summed E-state index contributed by atoms with van der Waals surface area (Å²) in [5, 5.41) is 3.18. The Balaban J connectivity index is 1.76. The molecule has 0 radical (unpaired) electrons. The number of halogens is 1. The molecule has 0 aliphatic carbocycles. The lowest BCUT2D eigenvalue weighted by Gasteiger charge is -2.14. The summed E-state index contributed by atoms with van der Waals surface area (Å²) in [5.41, 5.74) is 1.54. The number of rotatable bonds is 3. The van der Waals surface area contributed by atoms with Crippen molar-refractivity contribution in [2.45, 2.75) is 6.92 Å². The van der Waals surface area contributed by atoms with Crippen LogP contribution in [-0.2, 0) is 4.79 Å². The minimum absolute atomic E-state index is 0.0734. The quantitative estimate of drug-likeness (QED) is 0.876. The highest BCUT2D eigenvalue weighted by molar-refractivity contribution is 6.31. The zero-order valence-corrected chi connectivity index (χ0v) is 12.9. The van der Waals surface area contributed by atoms with Crippen LogP contribution in [0.2, 0.25) is 5.02 Å². The average molecular weight is 330 g/mol. The maximum atomic E-state index is 12.2. The zero-order valence-electron chi connectivity index (χ0n) is 12.2. The predicted octanol–water partition coefficient (Wildman–Crippen LogP) is 2.28. The highest BCUT2D eigenvalue weighted by Crippen LogP contribution is 2.24. The summed E-state index contributed by atoms with van der Waals surface area (Å²) in [7, 11) is 0. The zero-order chi connectivity index (χ0) is 16.6. The summed E-state index contributed by atoms with van der Waals surface area (Å²) in [6.07, 6.45) is 1.43. The van der Waals surface area contributed by atoms with E-state index >= 15 is 0 Å². The van der Waals surface area contributed by atoms with Gasteiger partial charge < -0.3 is 5.32 Å². The lowest BCUT2D eigenvalue weighted by Crippen LogP contribution is -2.37. The van der Waals surface area contributed by atoms with Gasteiger partial charge in [-0.15, -0.1) is 0 Å². The first kappa shape index (κ1) is 15.2. The molecule has 1 aliphatic rings. The number of aromatic nitrogens is 1. The van der Waals surface area contributed by atoms with Gasteiger partial charge in [0.15, 0.2) is 0 Å². The highest BCUT2D eigenvalue weighted by Gasteiger charge is 2.37. The standard InChI is InChI=1S/C16H12ClN3O3/c1-9-11(17)5-2-6-12(9)19-13(21)8-20-15(22)10-4-3-7-18-14(10)16(20)23/h2-7H,8H2,1H3,(H,19,21). The van der Waals surface area contributed by atoms with Crippen LogP contribution in [0.3, 0.4) is 0 Å². The predicted molar refractivity (Wildman–Crippen MR) is 84.4 cm³/mol. The van der Waals surface area contributed by atoms with E-state index in [2.05, 4.69) is 10.3 Å². The Kier molecular flexibility index (Phi) is 3.83. The molecule has 2 aromatic rings. The monoisotopic (exact) mass is 329 g/mol. The minimum Gasteiger partial charge on any atom is -0.324 e. The normalized spacial score (nSPS) is 13.2. The molecule has 23 heavy (non-hydrogen) atoms. The molecule has 0 saturated carbocycles. The van der Waals surface area contributed by atoms with Crippen LogP contribution in [0.5, 0.6) is 0 Å². The van der Waals surface area contributed by atoms with E-state index in [0.29, 0.717) is 16.3 Å². The fourth-order valence-corrected chi connectivity index (χ4v) is 2.51. The summed E-state index contributed by atoms with van der Waals surface area (Å²) >= 11 is 6.00. The van der Waals surface area contributed by atoms with Crippen molar-refractivity contribution in [1.82, 2.24) is 9.88 Å². The van der Waals surface area contributed by atoms with Crippen molar-refractivity contribution in [3.63, 3.8) is 0 Å². The Hall–Kier alpha value is -2.73. The molecule has 0 bridgehead atoms. The van der Waals surface area contributed by atoms with Crippen LogP contribution in [-0.4, -0.2) is 34.2 Å². The van der Waals surface area contributed by atoms with E-state index in [9.17, 15) is 14.4 Å². The Morgan fingerprint density at radius 2 is 2.00 bits per heavy atom. The van der Waals surface area contributed by atoms with Gasteiger partial charge in [-0.2, -0.15) is 0 Å². The number of fused-ring (bicyclic) bond motifs is 1. The number of pyridine rings is 1.